The molecule has 0 aliphatic heterocycles. The highest BCUT2D eigenvalue weighted by atomic mass is 16.1. The summed E-state index contributed by atoms with van der Waals surface area (Å²) in [5.41, 5.74) is 1.60. The van der Waals surface area contributed by atoms with E-state index < -0.39 is 0 Å². The van der Waals surface area contributed by atoms with Crippen molar-refractivity contribution in [2.45, 2.75) is 0 Å². The van der Waals surface area contributed by atoms with E-state index in [1.54, 1.807) is 12.5 Å². The number of hydrogen-bond donors (Lipinski definition) is 1. The first-order valence-corrected chi connectivity index (χ1v) is 4.82. The molecule has 2 rings (SSSR count). The number of benzene rings is 1. The molecule has 0 saturated heterocycles. The lowest BCUT2D eigenvalue weighted by Crippen LogP contribution is -2.09. The highest BCUT2D eigenvalue weighted by molar-refractivity contribution is 6.00. The first-order valence-electron chi connectivity index (χ1n) is 4.82. The Labute approximate surface area is 93.2 Å². The maximum atomic E-state index is 11.2. The smallest absolute Gasteiger partial charge is 0.247 e. The summed E-state index contributed by atoms with van der Waals surface area (Å²) in [6, 6.07) is 7.50. The van der Waals surface area contributed by atoms with E-state index in [2.05, 4.69) is 16.9 Å². The van der Waals surface area contributed by atoms with E-state index in [0.29, 0.717) is 0 Å². The van der Waals surface area contributed by atoms with Crippen molar-refractivity contribution in [1.29, 1.82) is 0 Å². The summed E-state index contributed by atoms with van der Waals surface area (Å²) in [7, 11) is 0. The minimum absolute atomic E-state index is 0.229. The van der Waals surface area contributed by atoms with Crippen molar-refractivity contribution < 1.29 is 4.79 Å². The van der Waals surface area contributed by atoms with Gasteiger partial charge in [-0.25, -0.2) is 4.98 Å². The summed E-state index contributed by atoms with van der Waals surface area (Å²) in [6.45, 7) is 3.42. The van der Waals surface area contributed by atoms with Crippen molar-refractivity contribution >= 4 is 11.6 Å². The zero-order valence-electron chi connectivity index (χ0n) is 8.63. The van der Waals surface area contributed by atoms with Gasteiger partial charge in [0.2, 0.25) is 5.91 Å². The van der Waals surface area contributed by atoms with Crippen molar-refractivity contribution in [3.63, 3.8) is 0 Å². The highest BCUT2D eigenvalue weighted by Crippen LogP contribution is 2.19. The van der Waals surface area contributed by atoms with Crippen LogP contribution in [-0.2, 0) is 4.79 Å². The molecule has 2 aromatic rings. The maximum Gasteiger partial charge on any atom is 0.247 e. The lowest BCUT2D eigenvalue weighted by atomic mass is 10.2. The molecule has 80 valence electrons. The minimum atomic E-state index is -0.229. The monoisotopic (exact) mass is 213 g/mol. The Hall–Kier alpha value is -2.36. The number of rotatable bonds is 3. The first-order chi connectivity index (χ1) is 7.81. The lowest BCUT2D eigenvalue weighted by Gasteiger charge is -2.09. The highest BCUT2D eigenvalue weighted by Gasteiger charge is 2.04. The lowest BCUT2D eigenvalue weighted by molar-refractivity contribution is -0.111. The number of nitrogens with zero attached hydrogens (tertiary/aromatic N) is 2. The topological polar surface area (TPSA) is 46.9 Å². The molecule has 0 bridgehead atoms. The molecule has 0 atom stereocenters. The van der Waals surface area contributed by atoms with Gasteiger partial charge in [-0.05, 0) is 18.2 Å². The van der Waals surface area contributed by atoms with Gasteiger partial charge in [-0.2, -0.15) is 0 Å². The maximum absolute atomic E-state index is 11.2. The first kappa shape index (κ1) is 10.2. The van der Waals surface area contributed by atoms with Crippen molar-refractivity contribution in [1.82, 2.24) is 9.55 Å². The number of nitrogens with one attached hydrogen (secondary N) is 1. The van der Waals surface area contributed by atoms with Crippen LogP contribution in [0, 0.1) is 0 Å². The summed E-state index contributed by atoms with van der Waals surface area (Å²) >= 11 is 0. The average molecular weight is 213 g/mol. The van der Waals surface area contributed by atoms with Crippen molar-refractivity contribution in [2.24, 2.45) is 0 Å². The van der Waals surface area contributed by atoms with Crippen molar-refractivity contribution in [2.75, 3.05) is 5.32 Å². The molecule has 0 unspecified atom stereocenters. The Kier molecular flexibility index (Phi) is 2.82. The van der Waals surface area contributed by atoms with Gasteiger partial charge in [-0.1, -0.05) is 18.7 Å². The number of carbonyl (C=O) groups is 1. The molecule has 1 N–H and O–H groups in total. The van der Waals surface area contributed by atoms with Gasteiger partial charge in [0.25, 0.3) is 0 Å². The second-order valence-electron chi connectivity index (χ2n) is 3.18. The second kappa shape index (κ2) is 4.44. The molecule has 4 heteroatoms. The van der Waals surface area contributed by atoms with Crippen LogP contribution in [0.3, 0.4) is 0 Å². The zero-order chi connectivity index (χ0) is 11.4. The van der Waals surface area contributed by atoms with Gasteiger partial charge >= 0.3 is 0 Å². The van der Waals surface area contributed by atoms with Crippen LogP contribution >= 0.6 is 0 Å². The number of hydrogen-bond acceptors (Lipinski definition) is 2. The van der Waals surface area contributed by atoms with Gasteiger partial charge in [0.1, 0.15) is 0 Å². The van der Waals surface area contributed by atoms with Gasteiger partial charge in [0.05, 0.1) is 17.7 Å². The fourth-order valence-corrected chi connectivity index (χ4v) is 1.39. The normalized spacial score (nSPS) is 9.75. The summed E-state index contributed by atoms with van der Waals surface area (Å²) < 4.78 is 1.83. The Morgan fingerprint density at radius 2 is 2.25 bits per heavy atom. The van der Waals surface area contributed by atoms with Crippen molar-refractivity contribution in [3.05, 3.63) is 55.6 Å². The van der Waals surface area contributed by atoms with Gasteiger partial charge < -0.3 is 9.88 Å². The van der Waals surface area contributed by atoms with Gasteiger partial charge in [0, 0.05) is 12.4 Å². The molecule has 0 aliphatic rings. The molecule has 1 heterocycles. The molecular weight excluding hydrogens is 202 g/mol. The predicted molar refractivity (Wildman–Crippen MR) is 62.4 cm³/mol. The van der Waals surface area contributed by atoms with E-state index in [1.165, 1.54) is 6.08 Å². The van der Waals surface area contributed by atoms with Gasteiger partial charge in [0.15, 0.2) is 0 Å². The fraction of sp³-hybridized carbons (Fsp3) is 0. The minimum Gasteiger partial charge on any atom is -0.321 e. The molecule has 0 fully saturated rings. The van der Waals surface area contributed by atoms with Gasteiger partial charge in [-0.3, -0.25) is 4.79 Å². The Balaban J connectivity index is 2.38. The number of aromatic nitrogens is 2. The fourth-order valence-electron chi connectivity index (χ4n) is 1.39. The number of anilines is 1. The van der Waals surface area contributed by atoms with Crippen molar-refractivity contribution in [3.8, 4) is 5.69 Å². The number of para-hydroxylation sites is 2. The molecule has 0 saturated carbocycles. The molecule has 1 aromatic heterocycles. The SMILES string of the molecule is C=CC(=O)Nc1ccccc1-n1ccnc1. The molecule has 0 spiro atoms. The molecule has 1 amide bonds. The van der Waals surface area contributed by atoms with Gasteiger partial charge in [-0.15, -0.1) is 0 Å². The zero-order valence-corrected chi connectivity index (χ0v) is 8.63. The van der Waals surface area contributed by atoms with Crippen LogP contribution in [0.2, 0.25) is 0 Å². The largest absolute Gasteiger partial charge is 0.321 e. The third kappa shape index (κ3) is 2.00. The number of amides is 1. The third-order valence-corrected chi connectivity index (χ3v) is 2.13. The second-order valence-corrected chi connectivity index (χ2v) is 3.18. The van der Waals surface area contributed by atoms with Crippen LogP contribution in [0.5, 0.6) is 0 Å². The van der Waals surface area contributed by atoms with E-state index in [4.69, 9.17) is 0 Å². The van der Waals surface area contributed by atoms with E-state index in [9.17, 15) is 4.79 Å². The predicted octanol–water partition coefficient (Wildman–Crippen LogP) is 2.00. The van der Waals surface area contributed by atoms with E-state index in [0.717, 1.165) is 11.4 Å². The van der Waals surface area contributed by atoms with E-state index >= 15 is 0 Å². The Morgan fingerprint density at radius 1 is 1.44 bits per heavy atom. The van der Waals surface area contributed by atoms with Crippen LogP contribution < -0.4 is 5.32 Å². The molecular formula is C12H11N3O. The van der Waals surface area contributed by atoms with E-state index in [-0.39, 0.29) is 5.91 Å². The number of carbonyl (C=O) groups excluding carboxylic acids is 1. The Morgan fingerprint density at radius 3 is 2.94 bits per heavy atom. The molecule has 0 radical (unpaired) electrons. The molecule has 0 aliphatic carbocycles. The molecule has 16 heavy (non-hydrogen) atoms. The van der Waals surface area contributed by atoms with E-state index in [1.807, 2.05) is 35.0 Å². The summed E-state index contributed by atoms with van der Waals surface area (Å²) in [5, 5.41) is 2.74. The van der Waals surface area contributed by atoms with Crippen LogP contribution in [0.25, 0.3) is 5.69 Å². The summed E-state index contributed by atoms with van der Waals surface area (Å²) in [4.78, 5) is 15.2. The quantitative estimate of drug-likeness (QED) is 0.792. The van der Waals surface area contributed by atoms with Crippen LogP contribution in [0.15, 0.2) is 55.6 Å². The van der Waals surface area contributed by atoms with Crippen LogP contribution in [-0.4, -0.2) is 15.5 Å². The molecule has 1 aromatic carbocycles. The standard InChI is InChI=1S/C12H11N3O/c1-2-12(16)14-10-5-3-4-6-11(10)15-8-7-13-9-15/h2-9H,1H2,(H,14,16). The average Bonchev–Trinajstić information content (AvgIpc) is 2.83. The number of imidazole rings is 1. The molecule has 4 nitrogen and oxygen atoms in total. The van der Waals surface area contributed by atoms with Crippen LogP contribution in [0.4, 0.5) is 5.69 Å². The third-order valence-electron chi connectivity index (χ3n) is 2.13. The van der Waals surface area contributed by atoms with Crippen LogP contribution in [0.1, 0.15) is 0 Å². The Bertz CT molecular complexity index is 503. The summed E-state index contributed by atoms with van der Waals surface area (Å²) in [5.74, 6) is -0.229. The summed E-state index contributed by atoms with van der Waals surface area (Å²) in [6.07, 6.45) is 6.43.